The van der Waals surface area contributed by atoms with Crippen LogP contribution in [-0.2, 0) is 33.7 Å². The molecule has 18 heteroatoms. The maximum Gasteiger partial charge on any atom is 0.410 e. The summed E-state index contributed by atoms with van der Waals surface area (Å²) in [5.41, 5.74) is 10.9. The molecule has 0 saturated carbocycles. The zero-order chi connectivity index (χ0) is 62.6. The van der Waals surface area contributed by atoms with Crippen LogP contribution < -0.4 is 10.9 Å². The number of likely N-dealkylation sites (tertiary alicyclic amines) is 1. The number of rotatable bonds is 18. The maximum absolute atomic E-state index is 15.2. The van der Waals surface area contributed by atoms with Gasteiger partial charge in [-0.2, -0.15) is 5.10 Å². The van der Waals surface area contributed by atoms with Crippen molar-refractivity contribution in [1.29, 1.82) is 0 Å². The highest BCUT2D eigenvalue weighted by atomic mass is 19.1. The molecule has 5 aliphatic rings. The molecule has 13 rings (SSSR count). The number of nitrogens with zero attached hydrogens (tertiary/aromatic N) is 8. The van der Waals surface area contributed by atoms with E-state index in [1.807, 2.05) is 78.6 Å². The number of anilines is 1. The number of aryl methyl sites for hydroxylation is 2. The minimum absolute atomic E-state index is 0.0261. The molecule has 2 N–H and O–H groups in total. The van der Waals surface area contributed by atoms with Crippen LogP contribution in [0.1, 0.15) is 85.6 Å². The van der Waals surface area contributed by atoms with Gasteiger partial charge in [0.05, 0.1) is 48.6 Å². The van der Waals surface area contributed by atoms with Crippen LogP contribution in [0.4, 0.5) is 14.9 Å². The molecule has 0 spiro atoms. The highest BCUT2D eigenvalue weighted by molar-refractivity contribution is 5.99. The van der Waals surface area contributed by atoms with Gasteiger partial charge in [-0.1, -0.05) is 134 Å². The van der Waals surface area contributed by atoms with E-state index in [-0.39, 0.29) is 42.0 Å². The van der Waals surface area contributed by atoms with Crippen LogP contribution in [-0.4, -0.2) is 179 Å². The molecule has 2 aromatic heterocycles. The number of fused-ring (bicyclic) bond motifs is 4. The zero-order valence-corrected chi connectivity index (χ0v) is 51.8. The van der Waals surface area contributed by atoms with E-state index >= 15 is 4.39 Å². The molecule has 468 valence electrons. The number of aromatic nitrogens is 3. The summed E-state index contributed by atoms with van der Waals surface area (Å²) in [7, 11) is 0. The van der Waals surface area contributed by atoms with Crippen LogP contribution in [0.2, 0.25) is 0 Å². The lowest BCUT2D eigenvalue weighted by molar-refractivity contribution is -0.134. The van der Waals surface area contributed by atoms with Gasteiger partial charge in [-0.15, -0.1) is 0 Å². The molecule has 91 heavy (non-hydrogen) atoms. The van der Waals surface area contributed by atoms with Crippen molar-refractivity contribution in [1.82, 2.24) is 44.6 Å². The summed E-state index contributed by atoms with van der Waals surface area (Å²) in [4.78, 5) is 86.1. The van der Waals surface area contributed by atoms with Crippen molar-refractivity contribution in [3.63, 3.8) is 0 Å². The van der Waals surface area contributed by atoms with Crippen molar-refractivity contribution in [2.24, 2.45) is 5.92 Å². The number of carbonyl (C=O) groups excluding carboxylic acids is 4. The van der Waals surface area contributed by atoms with Crippen molar-refractivity contribution in [2.45, 2.75) is 57.5 Å². The van der Waals surface area contributed by atoms with Gasteiger partial charge >= 0.3 is 6.09 Å². The molecule has 6 aromatic carbocycles. The Kier molecular flexibility index (Phi) is 17.9. The number of pyridine rings is 1. The number of piperidine rings is 1. The largest absolute Gasteiger partial charge is 0.448 e. The van der Waals surface area contributed by atoms with Crippen LogP contribution in [0.25, 0.3) is 33.0 Å². The number of ether oxygens (including phenoxy) is 2. The predicted molar refractivity (Wildman–Crippen MR) is 348 cm³/mol. The minimum atomic E-state index is -0.766. The summed E-state index contributed by atoms with van der Waals surface area (Å²) in [5, 5.41) is 11.8. The van der Waals surface area contributed by atoms with Crippen LogP contribution >= 0.6 is 0 Å². The third kappa shape index (κ3) is 13.4. The van der Waals surface area contributed by atoms with Crippen LogP contribution in [0.3, 0.4) is 0 Å². The molecular weight excluding hydrogens is 1150 g/mol. The normalized spacial score (nSPS) is 16.9. The van der Waals surface area contributed by atoms with Crippen molar-refractivity contribution in [3.05, 3.63) is 218 Å². The predicted octanol–water partition coefficient (Wildman–Crippen LogP) is 9.67. The van der Waals surface area contributed by atoms with E-state index in [1.54, 1.807) is 45.2 Å². The smallest absolute Gasteiger partial charge is 0.410 e. The average molecular weight is 1230 g/mol. The third-order valence-corrected chi connectivity index (χ3v) is 19.0. The number of hydrogen-bond acceptors (Lipinski definition) is 12. The number of piperazine rings is 2. The Balaban J connectivity index is 0.616. The standard InChI is InChI=1S/C73H77FN10O7/c1-3-50-13-11-15-54(37-50)55-40-66(76-73(47-90-48-73)46-84(43-53-14-10-12-49(2)36-53)72(89)91-45-63-58-18-6-4-16-56(58)57-17-5-7-19-59(57)63)68(75-41-55)71(88)83-30-28-80(29-31-83)42-51-24-26-79(27-25-51)44-67(85)81-32-34-82(35-33-81)70(87)62-38-52(22-23-64(62)74)39-65-60-20-8-9-21-61(60)69(86)78-77-65/h4-23,36-38,40-41,51,63,76H,3,24-35,39,42-48H2,1-2H3,(H,78,86). The number of amides is 4. The van der Waals surface area contributed by atoms with Crippen LogP contribution in [0, 0.1) is 18.7 Å². The highest BCUT2D eigenvalue weighted by Crippen LogP contribution is 2.45. The second kappa shape index (κ2) is 26.8. The molecule has 4 aliphatic heterocycles. The Hall–Kier alpha value is -9.10. The van der Waals surface area contributed by atoms with Gasteiger partial charge in [0.15, 0.2) is 5.69 Å². The number of nitrogens with one attached hydrogen (secondary N) is 2. The Morgan fingerprint density at radius 1 is 0.692 bits per heavy atom. The lowest BCUT2D eigenvalue weighted by atomic mass is 9.94. The molecule has 8 aromatic rings. The second-order valence-corrected chi connectivity index (χ2v) is 25.2. The number of aromatic amines is 1. The van der Waals surface area contributed by atoms with E-state index in [0.717, 1.165) is 96.5 Å². The SMILES string of the molecule is CCc1cccc(-c2cnc(C(=O)N3CCN(CC4CCN(CC(=O)N5CCN(C(=O)c6cc(Cc7n[nH]c(=O)c8ccccc78)ccc6F)CC5)CC4)CC3)c(NC3(CN(Cc4cccc(C)c4)C(=O)OCC4c5ccccc5-c5ccccc54)COC3)c2)c1. The van der Waals surface area contributed by atoms with Gasteiger partial charge < -0.3 is 34.4 Å². The Labute approximate surface area is 529 Å². The summed E-state index contributed by atoms with van der Waals surface area (Å²) >= 11 is 0. The number of carbonyl (C=O) groups is 4. The Morgan fingerprint density at radius 2 is 1.36 bits per heavy atom. The lowest BCUT2D eigenvalue weighted by Gasteiger charge is -2.45. The first-order valence-electron chi connectivity index (χ1n) is 32.0. The summed E-state index contributed by atoms with van der Waals surface area (Å²) in [6.07, 6.45) is 4.45. The van der Waals surface area contributed by atoms with Crippen molar-refractivity contribution in [3.8, 4) is 22.3 Å². The molecule has 0 unspecified atom stereocenters. The fraction of sp³-hybridized carbons (Fsp3) is 0.356. The summed E-state index contributed by atoms with van der Waals surface area (Å²) < 4.78 is 27.6. The number of halogens is 1. The number of benzene rings is 6. The molecule has 0 atom stereocenters. The molecule has 4 fully saturated rings. The zero-order valence-electron chi connectivity index (χ0n) is 51.8. The number of H-pyrrole nitrogens is 1. The van der Waals surface area contributed by atoms with Crippen LogP contribution in [0.15, 0.2) is 157 Å². The summed E-state index contributed by atoms with van der Waals surface area (Å²) in [6.45, 7) is 12.2. The van der Waals surface area contributed by atoms with Gasteiger partial charge in [-0.25, -0.2) is 19.3 Å². The van der Waals surface area contributed by atoms with E-state index in [9.17, 15) is 24.0 Å². The first-order valence-corrected chi connectivity index (χ1v) is 32.0. The highest BCUT2D eigenvalue weighted by Gasteiger charge is 2.44. The van der Waals surface area contributed by atoms with Crippen molar-refractivity contribution in [2.75, 3.05) is 110 Å². The maximum atomic E-state index is 15.2. The molecular formula is C73H77FN10O7. The lowest BCUT2D eigenvalue weighted by Crippen LogP contribution is -2.63. The number of hydrogen-bond donors (Lipinski definition) is 2. The van der Waals surface area contributed by atoms with Gasteiger partial charge in [0, 0.05) is 94.9 Å². The molecule has 4 amide bonds. The average Bonchev–Trinajstić information content (AvgIpc) is 1.90. The van der Waals surface area contributed by atoms with E-state index < -0.39 is 23.4 Å². The minimum Gasteiger partial charge on any atom is -0.448 e. The Morgan fingerprint density at radius 3 is 2.08 bits per heavy atom. The van der Waals surface area contributed by atoms with E-state index in [4.69, 9.17) is 14.5 Å². The molecule has 1 aliphatic carbocycles. The van der Waals surface area contributed by atoms with E-state index in [0.29, 0.717) is 111 Å². The van der Waals surface area contributed by atoms with Gasteiger partial charge in [0.25, 0.3) is 17.4 Å². The van der Waals surface area contributed by atoms with Gasteiger partial charge in [0.2, 0.25) is 5.91 Å². The Bertz CT molecular complexity index is 4030. The third-order valence-electron chi connectivity index (χ3n) is 19.0. The molecule has 0 bridgehead atoms. The summed E-state index contributed by atoms with van der Waals surface area (Å²) in [5.74, 6) is -0.814. The van der Waals surface area contributed by atoms with Crippen LogP contribution in [0.5, 0.6) is 0 Å². The van der Waals surface area contributed by atoms with Gasteiger partial charge in [0.1, 0.15) is 18.0 Å². The van der Waals surface area contributed by atoms with Gasteiger partial charge in [-0.3, -0.25) is 29.0 Å². The monoisotopic (exact) mass is 1220 g/mol. The topological polar surface area (TPSA) is 177 Å². The van der Waals surface area contributed by atoms with Gasteiger partial charge in [-0.05, 0) is 114 Å². The van der Waals surface area contributed by atoms with Crippen molar-refractivity contribution >= 4 is 40.3 Å². The molecule has 0 radical (unpaired) electrons. The quantitative estimate of drug-likeness (QED) is 0.0833. The van der Waals surface area contributed by atoms with E-state index in [2.05, 4.69) is 80.8 Å². The molecule has 17 nitrogen and oxygen atoms in total. The molecule has 4 saturated heterocycles. The second-order valence-electron chi connectivity index (χ2n) is 25.2. The summed E-state index contributed by atoms with van der Waals surface area (Å²) in [6, 6.07) is 46.9. The fourth-order valence-electron chi connectivity index (χ4n) is 13.9. The fourth-order valence-corrected chi connectivity index (χ4v) is 13.9. The van der Waals surface area contributed by atoms with E-state index in [1.165, 1.54) is 11.6 Å². The molecule has 6 heterocycles. The first kappa shape index (κ1) is 60.8. The first-order chi connectivity index (χ1) is 44.3. The van der Waals surface area contributed by atoms with Crippen molar-refractivity contribution < 1.29 is 33.0 Å².